The molecule has 0 radical (unpaired) electrons. The molecule has 0 unspecified atom stereocenters. The van der Waals surface area contributed by atoms with Gasteiger partial charge in [0.25, 0.3) is 5.91 Å². The second kappa shape index (κ2) is 11.5. The van der Waals surface area contributed by atoms with E-state index in [0.717, 1.165) is 22.4 Å². The zero-order valence-corrected chi connectivity index (χ0v) is 20.4. The van der Waals surface area contributed by atoms with Crippen LogP contribution in [0.15, 0.2) is 70.8 Å². The Balaban J connectivity index is 1.58. The minimum atomic E-state index is -0.356. The van der Waals surface area contributed by atoms with Gasteiger partial charge in [-0.15, -0.1) is 0 Å². The first kappa shape index (κ1) is 25.0. The Kier molecular flexibility index (Phi) is 8.44. The van der Waals surface area contributed by atoms with Gasteiger partial charge in [-0.1, -0.05) is 49.7 Å². The van der Waals surface area contributed by atoms with Gasteiger partial charge in [-0.25, -0.2) is 5.43 Å². The quantitative estimate of drug-likeness (QED) is 0.301. The van der Waals surface area contributed by atoms with Gasteiger partial charge in [0.1, 0.15) is 11.5 Å². The third kappa shape index (κ3) is 6.68. The van der Waals surface area contributed by atoms with E-state index in [-0.39, 0.29) is 24.2 Å². The molecule has 0 saturated heterocycles. The van der Waals surface area contributed by atoms with Crippen LogP contribution >= 0.6 is 11.6 Å². The fourth-order valence-electron chi connectivity index (χ4n) is 3.16. The number of hydrogen-bond acceptors (Lipinski definition) is 5. The van der Waals surface area contributed by atoms with E-state index in [2.05, 4.69) is 15.5 Å². The molecule has 6 nitrogen and oxygen atoms in total. The van der Waals surface area contributed by atoms with Crippen LogP contribution in [0.4, 0.5) is 5.69 Å². The molecule has 2 N–H and O–H groups in total. The molecule has 0 fully saturated rings. The number of amides is 1. The minimum Gasteiger partial charge on any atom is -0.507 e. The molecule has 0 heterocycles. The standard InChI is InChI=1S/C27H28ClN3O3/c1-17(2)23-14-24(28)18(3)13-26(23)34-16-27(33)31-30-19(4)20-9-11-22(12-10-20)29-15-21-7-5-6-8-25(21)32/h5-15,17,32H,16H2,1-4H3,(H,31,33)/b29-15?,30-19+. The van der Waals surface area contributed by atoms with Crippen molar-refractivity contribution < 1.29 is 14.6 Å². The van der Waals surface area contributed by atoms with Gasteiger partial charge >= 0.3 is 0 Å². The Hall–Kier alpha value is -3.64. The van der Waals surface area contributed by atoms with E-state index in [4.69, 9.17) is 16.3 Å². The molecule has 3 rings (SSSR count). The SMILES string of the molecule is C/C(=N\NC(=O)COc1cc(C)c(Cl)cc1C(C)C)c1ccc(N=Cc2ccccc2O)cc1. The van der Waals surface area contributed by atoms with Crippen LogP contribution in [0.1, 0.15) is 48.9 Å². The highest BCUT2D eigenvalue weighted by Gasteiger charge is 2.12. The average Bonchev–Trinajstić information content (AvgIpc) is 2.82. The molecule has 0 aliphatic rings. The molecule has 0 bridgehead atoms. The van der Waals surface area contributed by atoms with Gasteiger partial charge in [-0.05, 0) is 72.9 Å². The maximum Gasteiger partial charge on any atom is 0.277 e. The molecule has 176 valence electrons. The smallest absolute Gasteiger partial charge is 0.277 e. The van der Waals surface area contributed by atoms with E-state index in [1.165, 1.54) is 0 Å². The number of para-hydroxylation sites is 1. The average molecular weight is 478 g/mol. The summed E-state index contributed by atoms with van der Waals surface area (Å²) >= 11 is 6.23. The van der Waals surface area contributed by atoms with Gasteiger partial charge in [0.2, 0.25) is 0 Å². The van der Waals surface area contributed by atoms with Gasteiger partial charge in [-0.2, -0.15) is 5.10 Å². The Bertz CT molecular complexity index is 1220. The first-order valence-corrected chi connectivity index (χ1v) is 11.3. The molecule has 0 saturated carbocycles. The molecule has 3 aromatic carbocycles. The summed E-state index contributed by atoms with van der Waals surface area (Å²) < 4.78 is 5.75. The molecule has 0 aromatic heterocycles. The number of nitrogens with one attached hydrogen (secondary N) is 1. The predicted octanol–water partition coefficient (Wildman–Crippen LogP) is 6.15. The van der Waals surface area contributed by atoms with Crippen LogP contribution in [0.25, 0.3) is 0 Å². The number of hydrazone groups is 1. The van der Waals surface area contributed by atoms with Crippen molar-refractivity contribution in [2.45, 2.75) is 33.6 Å². The van der Waals surface area contributed by atoms with E-state index >= 15 is 0 Å². The number of aromatic hydroxyl groups is 1. The van der Waals surface area contributed by atoms with Crippen LogP contribution in [0.2, 0.25) is 5.02 Å². The molecule has 0 aliphatic heterocycles. The van der Waals surface area contributed by atoms with E-state index in [1.807, 2.05) is 63.2 Å². The van der Waals surface area contributed by atoms with Crippen molar-refractivity contribution in [2.24, 2.45) is 10.1 Å². The van der Waals surface area contributed by atoms with E-state index in [0.29, 0.717) is 22.0 Å². The van der Waals surface area contributed by atoms with Gasteiger partial charge in [0.15, 0.2) is 6.61 Å². The first-order chi connectivity index (χ1) is 16.2. The number of aryl methyl sites for hydroxylation is 1. The van der Waals surface area contributed by atoms with Gasteiger partial charge in [0, 0.05) is 16.8 Å². The lowest BCUT2D eigenvalue weighted by Gasteiger charge is -2.15. The van der Waals surface area contributed by atoms with Gasteiger partial charge < -0.3 is 9.84 Å². The lowest BCUT2D eigenvalue weighted by Crippen LogP contribution is -2.26. The fourth-order valence-corrected chi connectivity index (χ4v) is 3.33. The van der Waals surface area contributed by atoms with E-state index in [1.54, 1.807) is 31.3 Å². The number of rotatable bonds is 8. The van der Waals surface area contributed by atoms with Crippen molar-refractivity contribution in [3.05, 3.63) is 87.9 Å². The summed E-state index contributed by atoms with van der Waals surface area (Å²) in [6.07, 6.45) is 1.61. The Labute approximate surface area is 205 Å². The number of benzene rings is 3. The Morgan fingerprint density at radius 3 is 2.53 bits per heavy atom. The summed E-state index contributed by atoms with van der Waals surface area (Å²) in [5.41, 5.74) is 7.25. The van der Waals surface area contributed by atoms with Gasteiger partial charge in [-0.3, -0.25) is 9.79 Å². The number of ether oxygens (including phenoxy) is 1. The Morgan fingerprint density at radius 1 is 1.15 bits per heavy atom. The number of halogens is 1. The molecule has 34 heavy (non-hydrogen) atoms. The number of phenols is 1. The second-order valence-corrected chi connectivity index (χ2v) is 8.59. The minimum absolute atomic E-state index is 0.155. The topological polar surface area (TPSA) is 83.3 Å². The summed E-state index contributed by atoms with van der Waals surface area (Å²) in [7, 11) is 0. The summed E-state index contributed by atoms with van der Waals surface area (Å²) in [5, 5.41) is 14.7. The summed E-state index contributed by atoms with van der Waals surface area (Å²) in [4.78, 5) is 16.7. The monoisotopic (exact) mass is 477 g/mol. The molecule has 0 atom stereocenters. The summed E-state index contributed by atoms with van der Waals surface area (Å²) in [6, 6.07) is 18.1. The fraction of sp³-hybridized carbons (Fsp3) is 0.222. The molecule has 7 heteroatoms. The molecular formula is C27H28ClN3O3. The third-order valence-corrected chi connectivity index (χ3v) is 5.60. The molecular weight excluding hydrogens is 450 g/mol. The van der Waals surface area contributed by atoms with Crippen LogP contribution < -0.4 is 10.2 Å². The van der Waals surface area contributed by atoms with Crippen LogP contribution in [0.5, 0.6) is 11.5 Å². The summed E-state index contributed by atoms with van der Waals surface area (Å²) in [6.45, 7) is 7.64. The van der Waals surface area contributed by atoms with Crippen molar-refractivity contribution in [1.82, 2.24) is 5.43 Å². The normalized spacial score (nSPS) is 11.8. The van der Waals surface area contributed by atoms with Crippen LogP contribution in [-0.4, -0.2) is 29.5 Å². The van der Waals surface area contributed by atoms with Gasteiger partial charge in [0.05, 0.1) is 11.4 Å². The molecule has 0 spiro atoms. The number of nitrogens with zero attached hydrogens (tertiary/aromatic N) is 2. The Morgan fingerprint density at radius 2 is 1.85 bits per heavy atom. The lowest BCUT2D eigenvalue weighted by molar-refractivity contribution is -0.123. The van der Waals surface area contributed by atoms with Crippen molar-refractivity contribution >= 4 is 35.1 Å². The molecule has 3 aromatic rings. The highest BCUT2D eigenvalue weighted by atomic mass is 35.5. The molecule has 0 aliphatic carbocycles. The number of hydrogen-bond donors (Lipinski definition) is 2. The van der Waals surface area contributed by atoms with Crippen molar-refractivity contribution in [3.63, 3.8) is 0 Å². The molecule has 1 amide bonds. The number of carbonyl (C=O) groups excluding carboxylic acids is 1. The maximum atomic E-state index is 12.3. The van der Waals surface area contributed by atoms with Crippen molar-refractivity contribution in [1.29, 1.82) is 0 Å². The predicted molar refractivity (Wildman–Crippen MR) is 138 cm³/mol. The largest absolute Gasteiger partial charge is 0.507 e. The lowest BCUT2D eigenvalue weighted by atomic mass is 10.0. The van der Waals surface area contributed by atoms with Crippen LogP contribution in [-0.2, 0) is 4.79 Å². The van der Waals surface area contributed by atoms with E-state index < -0.39 is 0 Å². The second-order valence-electron chi connectivity index (χ2n) is 8.18. The highest BCUT2D eigenvalue weighted by molar-refractivity contribution is 6.31. The zero-order chi connectivity index (χ0) is 24.7. The van der Waals surface area contributed by atoms with Crippen molar-refractivity contribution in [2.75, 3.05) is 6.61 Å². The van der Waals surface area contributed by atoms with Crippen LogP contribution in [0, 0.1) is 6.92 Å². The third-order valence-electron chi connectivity index (χ3n) is 5.19. The van der Waals surface area contributed by atoms with E-state index in [9.17, 15) is 9.90 Å². The number of aliphatic imine (C=N–C) groups is 1. The van der Waals surface area contributed by atoms with Crippen molar-refractivity contribution in [3.8, 4) is 11.5 Å². The number of phenolic OH excluding ortho intramolecular Hbond substituents is 1. The highest BCUT2D eigenvalue weighted by Crippen LogP contribution is 2.32. The summed E-state index contributed by atoms with van der Waals surface area (Å²) in [5.74, 6) is 0.678. The first-order valence-electron chi connectivity index (χ1n) is 10.9. The van der Waals surface area contributed by atoms with Crippen LogP contribution in [0.3, 0.4) is 0 Å². The number of carbonyl (C=O) groups is 1. The maximum absolute atomic E-state index is 12.3. The zero-order valence-electron chi connectivity index (χ0n) is 19.7.